The van der Waals surface area contributed by atoms with Gasteiger partial charge < -0.3 is 22.8 Å². The Morgan fingerprint density at radius 1 is 1.12 bits per heavy atom. The first-order valence-corrected chi connectivity index (χ1v) is 3.88. The number of ether oxygens (including phenoxy) is 1. The second kappa shape index (κ2) is 5.83. The van der Waals surface area contributed by atoms with Gasteiger partial charge in [0.05, 0.1) is 5.75 Å². The van der Waals surface area contributed by atoms with Gasteiger partial charge in [-0.1, -0.05) is 11.5 Å². The SMILES string of the molecule is Oc1cc(OC(F)(F)F)ccc1[B-](F)(F)F.[K+]. The van der Waals surface area contributed by atoms with Gasteiger partial charge in [0.2, 0.25) is 0 Å². The van der Waals surface area contributed by atoms with Crippen molar-refractivity contribution in [1.82, 2.24) is 0 Å². The average molecular weight is 284 g/mol. The maximum absolute atomic E-state index is 12.2. The van der Waals surface area contributed by atoms with Crippen LogP contribution in [0.15, 0.2) is 18.2 Å². The molecule has 2 nitrogen and oxygen atoms in total. The molecule has 0 aliphatic carbocycles. The van der Waals surface area contributed by atoms with E-state index in [2.05, 4.69) is 4.74 Å². The number of halogens is 6. The standard InChI is InChI=1S/C7H4BF6O2.K/c9-7(10,11)16-4-1-2-5(6(15)3-4)8(12,13)14;/h1-3,15H;/q-1;+1. The molecule has 1 rings (SSSR count). The molecule has 0 heterocycles. The maximum atomic E-state index is 12.2. The van der Waals surface area contributed by atoms with E-state index >= 15 is 0 Å². The van der Waals surface area contributed by atoms with Gasteiger partial charge in [0.25, 0.3) is 0 Å². The van der Waals surface area contributed by atoms with E-state index in [0.717, 1.165) is 0 Å². The third-order valence-electron chi connectivity index (χ3n) is 1.59. The van der Waals surface area contributed by atoms with E-state index < -0.39 is 30.3 Å². The number of aromatic hydroxyl groups is 1. The summed E-state index contributed by atoms with van der Waals surface area (Å²) in [5, 5.41) is 8.87. The Kier molecular flexibility index (Phi) is 5.86. The molecule has 0 unspecified atom stereocenters. The Labute approximate surface area is 134 Å². The fraction of sp³-hybridized carbons (Fsp3) is 0.143. The molecule has 0 radical (unpaired) electrons. The maximum Gasteiger partial charge on any atom is 1.00 e. The molecular weight excluding hydrogens is 280 g/mol. The van der Waals surface area contributed by atoms with Crippen LogP contribution in [0.2, 0.25) is 0 Å². The molecule has 1 aromatic carbocycles. The summed E-state index contributed by atoms with van der Waals surface area (Å²) >= 11 is 0. The van der Waals surface area contributed by atoms with Gasteiger partial charge in [0.15, 0.2) is 0 Å². The molecule has 90 valence electrons. The summed E-state index contributed by atoms with van der Waals surface area (Å²) in [6.07, 6.45) is -5.02. The van der Waals surface area contributed by atoms with E-state index in [9.17, 15) is 26.1 Å². The van der Waals surface area contributed by atoms with Crippen LogP contribution >= 0.6 is 0 Å². The molecule has 1 aromatic rings. The van der Waals surface area contributed by atoms with Crippen LogP contribution in [0.1, 0.15) is 0 Å². The van der Waals surface area contributed by atoms with Crippen LogP contribution in [0.25, 0.3) is 0 Å². The molecule has 0 saturated carbocycles. The zero-order valence-corrected chi connectivity index (χ0v) is 11.6. The van der Waals surface area contributed by atoms with Crippen LogP contribution in [0.3, 0.4) is 0 Å². The normalized spacial score (nSPS) is 11.9. The molecular formula is C7H4BF6KO2. The first kappa shape index (κ1) is 17.1. The molecule has 17 heavy (non-hydrogen) atoms. The molecule has 0 saturated heterocycles. The second-order valence-corrected chi connectivity index (χ2v) is 2.84. The van der Waals surface area contributed by atoms with Gasteiger partial charge >= 0.3 is 64.7 Å². The number of benzene rings is 1. The third kappa shape index (κ3) is 5.51. The molecule has 0 aliphatic heterocycles. The van der Waals surface area contributed by atoms with Crippen molar-refractivity contribution in [3.8, 4) is 11.5 Å². The monoisotopic (exact) mass is 284 g/mol. The summed E-state index contributed by atoms with van der Waals surface area (Å²) in [6, 6.07) is 1.08. The third-order valence-corrected chi connectivity index (χ3v) is 1.59. The summed E-state index contributed by atoms with van der Waals surface area (Å²) in [6.45, 7) is -5.47. The largest absolute Gasteiger partial charge is 1.00 e. The molecule has 0 atom stereocenters. The van der Waals surface area contributed by atoms with Gasteiger partial charge in [-0.15, -0.1) is 13.2 Å². The molecule has 0 amide bonds. The van der Waals surface area contributed by atoms with E-state index in [1.165, 1.54) is 0 Å². The predicted molar refractivity (Wildman–Crippen MR) is 43.5 cm³/mol. The summed E-state index contributed by atoms with van der Waals surface area (Å²) < 4.78 is 74.9. The van der Waals surface area contributed by atoms with Gasteiger partial charge in [-0.3, -0.25) is 0 Å². The minimum atomic E-state index is -5.47. The Hall–Kier alpha value is 0.101. The summed E-state index contributed by atoms with van der Waals surface area (Å²) in [7, 11) is 0. The number of rotatable bonds is 2. The first-order valence-electron chi connectivity index (χ1n) is 3.88. The molecule has 10 heteroatoms. The second-order valence-electron chi connectivity index (χ2n) is 2.84. The molecule has 0 spiro atoms. The van der Waals surface area contributed by atoms with Gasteiger partial charge in [0.1, 0.15) is 5.75 Å². The van der Waals surface area contributed by atoms with Gasteiger partial charge in [-0.05, 0) is 6.07 Å². The smallest absolute Gasteiger partial charge is 0.511 e. The number of phenolic OH excluding ortho intramolecular Hbond substituents is 1. The van der Waals surface area contributed by atoms with Crippen molar-refractivity contribution in [3.05, 3.63) is 18.2 Å². The van der Waals surface area contributed by atoms with Crippen molar-refractivity contribution >= 4 is 12.4 Å². The fourth-order valence-corrected chi connectivity index (χ4v) is 0.997. The molecule has 0 fully saturated rings. The molecule has 0 aliphatic rings. The quantitative estimate of drug-likeness (QED) is 0.577. The van der Waals surface area contributed by atoms with Crippen molar-refractivity contribution < 1.29 is 87.3 Å². The Balaban J connectivity index is 0.00000256. The van der Waals surface area contributed by atoms with Crippen LogP contribution in [-0.2, 0) is 0 Å². The average Bonchev–Trinajstić information content (AvgIpc) is 1.97. The van der Waals surface area contributed by atoms with Crippen molar-refractivity contribution in [1.29, 1.82) is 0 Å². The molecule has 0 aromatic heterocycles. The molecule has 0 bridgehead atoms. The van der Waals surface area contributed by atoms with Crippen LogP contribution in [0.5, 0.6) is 11.5 Å². The number of phenols is 1. The first-order chi connectivity index (χ1) is 7.09. The van der Waals surface area contributed by atoms with Crippen LogP contribution in [-0.4, -0.2) is 18.4 Å². The van der Waals surface area contributed by atoms with E-state index in [-0.39, 0.29) is 57.5 Å². The number of hydrogen-bond donors (Lipinski definition) is 1. The Morgan fingerprint density at radius 2 is 1.65 bits per heavy atom. The van der Waals surface area contributed by atoms with Crippen molar-refractivity contribution in [2.24, 2.45) is 0 Å². The van der Waals surface area contributed by atoms with E-state index in [4.69, 9.17) is 5.11 Å². The number of alkyl halides is 3. The summed E-state index contributed by atoms with van der Waals surface area (Å²) in [5.41, 5.74) is -1.37. The van der Waals surface area contributed by atoms with Crippen molar-refractivity contribution in [2.75, 3.05) is 0 Å². The van der Waals surface area contributed by atoms with Gasteiger partial charge in [0, 0.05) is 6.07 Å². The van der Waals surface area contributed by atoms with Crippen molar-refractivity contribution in [3.63, 3.8) is 0 Å². The Morgan fingerprint density at radius 3 is 2.00 bits per heavy atom. The summed E-state index contributed by atoms with van der Waals surface area (Å²) in [5.74, 6) is -2.21. The van der Waals surface area contributed by atoms with Gasteiger partial charge in [-0.25, -0.2) is 0 Å². The van der Waals surface area contributed by atoms with Gasteiger partial charge in [-0.2, -0.15) is 0 Å². The Bertz CT molecular complexity index is 391. The molecule has 1 N–H and O–H groups in total. The minimum absolute atomic E-state index is 0. The zero-order chi connectivity index (χ0) is 12.6. The topological polar surface area (TPSA) is 29.5 Å². The van der Waals surface area contributed by atoms with E-state index in [1.54, 1.807) is 0 Å². The van der Waals surface area contributed by atoms with Crippen LogP contribution < -0.4 is 61.6 Å². The predicted octanol–water partition coefficient (Wildman–Crippen LogP) is -0.651. The number of hydrogen-bond acceptors (Lipinski definition) is 2. The van der Waals surface area contributed by atoms with E-state index in [0.29, 0.717) is 12.1 Å². The minimum Gasteiger partial charge on any atom is -0.511 e. The van der Waals surface area contributed by atoms with Crippen LogP contribution in [0.4, 0.5) is 26.1 Å². The van der Waals surface area contributed by atoms with Crippen molar-refractivity contribution in [2.45, 2.75) is 6.36 Å². The zero-order valence-electron chi connectivity index (χ0n) is 8.43. The fourth-order valence-electron chi connectivity index (χ4n) is 0.997. The van der Waals surface area contributed by atoms with E-state index in [1.807, 2.05) is 0 Å². The summed E-state index contributed by atoms with van der Waals surface area (Å²) in [4.78, 5) is 0. The van der Waals surface area contributed by atoms with Crippen LogP contribution in [0, 0.1) is 0 Å².